The Bertz CT molecular complexity index is 312. The van der Waals surface area contributed by atoms with Crippen LogP contribution >= 0.6 is 0 Å². The Kier molecular flexibility index (Phi) is 3.33. The van der Waals surface area contributed by atoms with Crippen molar-refractivity contribution in [1.29, 1.82) is 0 Å². The van der Waals surface area contributed by atoms with Gasteiger partial charge < -0.3 is 9.30 Å². The van der Waals surface area contributed by atoms with E-state index < -0.39 is 0 Å². The lowest BCUT2D eigenvalue weighted by Gasteiger charge is -2.19. The van der Waals surface area contributed by atoms with Gasteiger partial charge in [0, 0.05) is 13.7 Å². The highest BCUT2D eigenvalue weighted by Crippen LogP contribution is 2.28. The monoisotopic (exact) mass is 210 g/mol. The minimum atomic E-state index is 0.435. The second kappa shape index (κ2) is 4.72. The molecule has 1 atom stereocenters. The van der Waals surface area contributed by atoms with Crippen LogP contribution in [0.2, 0.25) is 0 Å². The number of hydrogen-bond acceptors (Lipinski definition) is 4. The lowest BCUT2D eigenvalue weighted by molar-refractivity contribution is 0.183. The van der Waals surface area contributed by atoms with E-state index in [4.69, 9.17) is 4.74 Å². The zero-order valence-corrected chi connectivity index (χ0v) is 9.39. The number of rotatable bonds is 4. The third kappa shape index (κ3) is 2.18. The predicted molar refractivity (Wildman–Crippen MR) is 56.5 cm³/mol. The van der Waals surface area contributed by atoms with Gasteiger partial charge in [-0.15, -0.1) is 10.2 Å². The zero-order valence-electron chi connectivity index (χ0n) is 9.39. The van der Waals surface area contributed by atoms with Gasteiger partial charge in [0.2, 0.25) is 0 Å². The van der Waals surface area contributed by atoms with Crippen molar-refractivity contribution < 1.29 is 4.74 Å². The lowest BCUT2D eigenvalue weighted by Crippen LogP contribution is -2.21. The van der Waals surface area contributed by atoms with Crippen LogP contribution in [-0.4, -0.2) is 47.0 Å². The van der Waals surface area contributed by atoms with Crippen LogP contribution in [-0.2, 0) is 11.3 Å². The molecule has 1 aliphatic heterocycles. The van der Waals surface area contributed by atoms with Gasteiger partial charge in [-0.2, -0.15) is 0 Å². The number of aromatic nitrogens is 3. The quantitative estimate of drug-likeness (QED) is 0.733. The number of hydrogen-bond donors (Lipinski definition) is 0. The first-order valence-electron chi connectivity index (χ1n) is 5.40. The molecule has 1 fully saturated rings. The smallest absolute Gasteiger partial charge is 0.150 e. The highest BCUT2D eigenvalue weighted by Gasteiger charge is 2.26. The van der Waals surface area contributed by atoms with E-state index in [-0.39, 0.29) is 0 Å². The van der Waals surface area contributed by atoms with E-state index in [2.05, 4.69) is 26.7 Å². The highest BCUT2D eigenvalue weighted by molar-refractivity contribution is 4.98. The summed E-state index contributed by atoms with van der Waals surface area (Å²) in [6.07, 6.45) is 4.22. The topological polar surface area (TPSA) is 43.2 Å². The Morgan fingerprint density at radius 1 is 1.60 bits per heavy atom. The predicted octanol–water partition coefficient (Wildman–Crippen LogP) is 0.691. The summed E-state index contributed by atoms with van der Waals surface area (Å²) in [6, 6.07) is 0.435. The zero-order chi connectivity index (χ0) is 10.7. The molecule has 0 bridgehead atoms. The lowest BCUT2D eigenvalue weighted by atomic mass is 10.2. The molecule has 5 heteroatoms. The molecule has 0 unspecified atom stereocenters. The summed E-state index contributed by atoms with van der Waals surface area (Å²) < 4.78 is 7.16. The summed E-state index contributed by atoms with van der Waals surface area (Å²) in [5.41, 5.74) is 0. The summed E-state index contributed by atoms with van der Waals surface area (Å²) in [5.74, 6) is 1.08. The van der Waals surface area contributed by atoms with E-state index in [1.165, 1.54) is 12.8 Å². The third-order valence-corrected chi connectivity index (χ3v) is 3.00. The molecular formula is C10H18N4O. The van der Waals surface area contributed by atoms with Gasteiger partial charge in [0.25, 0.3) is 0 Å². The van der Waals surface area contributed by atoms with Crippen LogP contribution in [0.1, 0.15) is 24.7 Å². The van der Waals surface area contributed by atoms with Gasteiger partial charge in [-0.1, -0.05) is 0 Å². The number of nitrogens with zero attached hydrogens (tertiary/aromatic N) is 4. The van der Waals surface area contributed by atoms with E-state index in [1.807, 2.05) is 0 Å². The molecule has 2 heterocycles. The standard InChI is InChI=1S/C10H18N4O/c1-13-5-3-4-9(13)10-12-11-8-14(10)6-7-15-2/h8-9H,3-7H2,1-2H3/t9-/m1/s1. The van der Waals surface area contributed by atoms with Crippen molar-refractivity contribution in [3.05, 3.63) is 12.2 Å². The Balaban J connectivity index is 2.09. The second-order valence-electron chi connectivity index (χ2n) is 4.01. The van der Waals surface area contributed by atoms with E-state index in [9.17, 15) is 0 Å². The van der Waals surface area contributed by atoms with E-state index in [0.29, 0.717) is 12.6 Å². The van der Waals surface area contributed by atoms with Crippen LogP contribution in [0.25, 0.3) is 0 Å². The number of ether oxygens (including phenoxy) is 1. The minimum absolute atomic E-state index is 0.435. The van der Waals surface area contributed by atoms with Gasteiger partial charge in [-0.3, -0.25) is 4.90 Å². The molecule has 0 aliphatic carbocycles. The van der Waals surface area contributed by atoms with Gasteiger partial charge in [0.1, 0.15) is 12.2 Å². The fourth-order valence-corrected chi connectivity index (χ4v) is 2.12. The molecular weight excluding hydrogens is 192 g/mol. The van der Waals surface area contributed by atoms with Crippen LogP contribution in [0, 0.1) is 0 Å². The molecule has 0 saturated carbocycles. The van der Waals surface area contributed by atoms with Crippen molar-refractivity contribution in [1.82, 2.24) is 19.7 Å². The van der Waals surface area contributed by atoms with Gasteiger partial charge in [-0.05, 0) is 26.4 Å². The maximum absolute atomic E-state index is 5.07. The average Bonchev–Trinajstić information content (AvgIpc) is 2.82. The molecule has 1 saturated heterocycles. The molecule has 5 nitrogen and oxygen atoms in total. The van der Waals surface area contributed by atoms with Crippen LogP contribution in [0.5, 0.6) is 0 Å². The van der Waals surface area contributed by atoms with Crippen LogP contribution < -0.4 is 0 Å². The third-order valence-electron chi connectivity index (χ3n) is 3.00. The fraction of sp³-hybridized carbons (Fsp3) is 0.800. The first kappa shape index (κ1) is 10.6. The maximum Gasteiger partial charge on any atom is 0.150 e. The highest BCUT2D eigenvalue weighted by atomic mass is 16.5. The molecule has 0 N–H and O–H groups in total. The van der Waals surface area contributed by atoms with Crippen molar-refractivity contribution in [2.24, 2.45) is 0 Å². The number of methoxy groups -OCH3 is 1. The molecule has 84 valence electrons. The van der Waals surface area contributed by atoms with E-state index in [1.54, 1.807) is 13.4 Å². The first-order chi connectivity index (χ1) is 7.33. The SMILES string of the molecule is COCCn1cnnc1[C@H]1CCCN1C. The summed E-state index contributed by atoms with van der Waals surface area (Å²) >= 11 is 0. The van der Waals surface area contributed by atoms with Gasteiger partial charge in [0.15, 0.2) is 0 Å². The van der Waals surface area contributed by atoms with Crippen molar-refractivity contribution in [2.45, 2.75) is 25.4 Å². The van der Waals surface area contributed by atoms with Crippen LogP contribution in [0.15, 0.2) is 6.33 Å². The Morgan fingerprint density at radius 2 is 2.47 bits per heavy atom. The molecule has 0 radical (unpaired) electrons. The molecule has 1 aromatic rings. The van der Waals surface area contributed by atoms with Crippen LogP contribution in [0.4, 0.5) is 0 Å². The van der Waals surface area contributed by atoms with Crippen molar-refractivity contribution >= 4 is 0 Å². The Morgan fingerprint density at radius 3 is 3.13 bits per heavy atom. The number of likely N-dealkylation sites (tertiary alicyclic amines) is 1. The molecule has 15 heavy (non-hydrogen) atoms. The molecule has 0 aromatic carbocycles. The minimum Gasteiger partial charge on any atom is -0.383 e. The molecule has 0 spiro atoms. The van der Waals surface area contributed by atoms with Crippen molar-refractivity contribution in [3.63, 3.8) is 0 Å². The molecule has 1 aromatic heterocycles. The summed E-state index contributed by atoms with van der Waals surface area (Å²) in [7, 11) is 3.86. The first-order valence-corrected chi connectivity index (χ1v) is 5.40. The van der Waals surface area contributed by atoms with Crippen molar-refractivity contribution in [3.8, 4) is 0 Å². The molecule has 2 rings (SSSR count). The van der Waals surface area contributed by atoms with E-state index in [0.717, 1.165) is 18.9 Å². The summed E-state index contributed by atoms with van der Waals surface area (Å²) in [6.45, 7) is 2.70. The molecule has 1 aliphatic rings. The fourth-order valence-electron chi connectivity index (χ4n) is 2.12. The Labute approximate surface area is 90.0 Å². The summed E-state index contributed by atoms with van der Waals surface area (Å²) in [5, 5.41) is 8.20. The second-order valence-corrected chi connectivity index (χ2v) is 4.01. The normalized spacial score (nSPS) is 22.4. The van der Waals surface area contributed by atoms with Crippen LogP contribution in [0.3, 0.4) is 0 Å². The average molecular weight is 210 g/mol. The maximum atomic E-state index is 5.07. The van der Waals surface area contributed by atoms with Gasteiger partial charge in [-0.25, -0.2) is 0 Å². The van der Waals surface area contributed by atoms with E-state index >= 15 is 0 Å². The molecule has 0 amide bonds. The van der Waals surface area contributed by atoms with Crippen molar-refractivity contribution in [2.75, 3.05) is 27.3 Å². The Hall–Kier alpha value is -0.940. The summed E-state index contributed by atoms with van der Waals surface area (Å²) in [4.78, 5) is 2.34. The largest absolute Gasteiger partial charge is 0.383 e. The van der Waals surface area contributed by atoms with Gasteiger partial charge >= 0.3 is 0 Å². The van der Waals surface area contributed by atoms with Gasteiger partial charge in [0.05, 0.1) is 12.6 Å².